The van der Waals surface area contributed by atoms with Gasteiger partial charge in [-0.15, -0.1) is 0 Å². The van der Waals surface area contributed by atoms with Crippen LogP contribution in [0.3, 0.4) is 0 Å². The fourth-order valence-electron chi connectivity index (χ4n) is 5.85. The molecule has 0 saturated carbocycles. The number of benzene rings is 3. The number of carbonyl (C=O) groups is 2. The number of nitrogens with zero attached hydrogens (tertiary/aromatic N) is 1. The largest absolute Gasteiger partial charge is 0.497 e. The van der Waals surface area contributed by atoms with Crippen LogP contribution in [0.2, 0.25) is 10.0 Å². The van der Waals surface area contributed by atoms with Gasteiger partial charge in [-0.3, -0.25) is 9.59 Å². The van der Waals surface area contributed by atoms with Gasteiger partial charge in [0.2, 0.25) is 11.8 Å². The number of aliphatic hydroxyl groups is 1. The molecular formula is C25H17Cl2NO4. The average Bonchev–Trinajstić information content (AvgIpc) is 3.05. The van der Waals surface area contributed by atoms with Gasteiger partial charge in [0, 0.05) is 27.1 Å². The lowest BCUT2D eigenvalue weighted by Gasteiger charge is -2.51. The second-order valence-electron chi connectivity index (χ2n) is 8.37. The Morgan fingerprint density at radius 2 is 1.44 bits per heavy atom. The maximum atomic E-state index is 13.8. The normalized spacial score (nSPS) is 27.2. The van der Waals surface area contributed by atoms with Crippen molar-refractivity contribution in [3.63, 3.8) is 0 Å². The van der Waals surface area contributed by atoms with Crippen LogP contribution in [-0.4, -0.2) is 24.0 Å². The number of amides is 2. The quantitative estimate of drug-likeness (QED) is 0.565. The van der Waals surface area contributed by atoms with E-state index in [-0.39, 0.29) is 5.91 Å². The summed E-state index contributed by atoms with van der Waals surface area (Å²) in [5.41, 5.74) is 1.07. The van der Waals surface area contributed by atoms with Gasteiger partial charge in [-0.1, -0.05) is 47.5 Å². The summed E-state index contributed by atoms with van der Waals surface area (Å²) in [7, 11) is 1.55. The van der Waals surface area contributed by atoms with Gasteiger partial charge in [0.15, 0.2) is 0 Å². The lowest BCUT2D eigenvalue weighted by Crippen LogP contribution is -2.54. The van der Waals surface area contributed by atoms with E-state index < -0.39 is 29.3 Å². The van der Waals surface area contributed by atoms with Gasteiger partial charge in [-0.25, -0.2) is 4.90 Å². The molecule has 5 nitrogen and oxygen atoms in total. The van der Waals surface area contributed by atoms with Crippen LogP contribution in [-0.2, 0) is 15.2 Å². The molecule has 0 radical (unpaired) electrons. The van der Waals surface area contributed by atoms with E-state index in [1.807, 2.05) is 12.1 Å². The van der Waals surface area contributed by atoms with Crippen molar-refractivity contribution in [2.24, 2.45) is 11.8 Å². The maximum Gasteiger partial charge on any atom is 0.241 e. The van der Waals surface area contributed by atoms with Crippen molar-refractivity contribution >= 4 is 40.7 Å². The molecule has 3 aliphatic carbocycles. The van der Waals surface area contributed by atoms with Crippen LogP contribution in [0, 0.1) is 11.8 Å². The molecular weight excluding hydrogens is 449 g/mol. The first-order chi connectivity index (χ1) is 15.4. The Hall–Kier alpha value is -2.86. The summed E-state index contributed by atoms with van der Waals surface area (Å²) in [6.45, 7) is 0. The van der Waals surface area contributed by atoms with E-state index in [1.165, 1.54) is 4.90 Å². The molecule has 2 atom stereocenters. The molecule has 2 amide bonds. The highest BCUT2D eigenvalue weighted by Crippen LogP contribution is 2.65. The molecule has 1 fully saturated rings. The van der Waals surface area contributed by atoms with Gasteiger partial charge in [-0.05, 0) is 47.5 Å². The third-order valence-electron chi connectivity index (χ3n) is 7.02. The summed E-state index contributed by atoms with van der Waals surface area (Å²) in [6, 6.07) is 17.4. The molecule has 0 aromatic heterocycles. The first kappa shape index (κ1) is 19.8. The van der Waals surface area contributed by atoms with Gasteiger partial charge in [0.05, 0.1) is 24.6 Å². The zero-order valence-electron chi connectivity index (χ0n) is 16.9. The lowest BCUT2D eigenvalue weighted by molar-refractivity contribution is -0.133. The van der Waals surface area contributed by atoms with E-state index in [2.05, 4.69) is 0 Å². The Kier molecular flexibility index (Phi) is 4.07. The first-order valence-corrected chi connectivity index (χ1v) is 11.0. The van der Waals surface area contributed by atoms with Crippen LogP contribution < -0.4 is 9.64 Å². The minimum Gasteiger partial charge on any atom is -0.497 e. The molecule has 1 aliphatic heterocycles. The minimum absolute atomic E-state index is 0.343. The highest BCUT2D eigenvalue weighted by molar-refractivity contribution is 6.33. The zero-order chi connectivity index (χ0) is 22.4. The fourth-order valence-corrected chi connectivity index (χ4v) is 6.50. The lowest BCUT2D eigenvalue weighted by atomic mass is 9.52. The van der Waals surface area contributed by atoms with Crippen molar-refractivity contribution in [3.8, 4) is 5.75 Å². The van der Waals surface area contributed by atoms with Crippen LogP contribution in [0.25, 0.3) is 0 Å². The van der Waals surface area contributed by atoms with E-state index in [0.29, 0.717) is 32.6 Å². The van der Waals surface area contributed by atoms with E-state index in [1.54, 1.807) is 55.6 Å². The van der Waals surface area contributed by atoms with Gasteiger partial charge in [0.1, 0.15) is 11.4 Å². The molecule has 4 aliphatic rings. The second-order valence-corrected chi connectivity index (χ2v) is 9.18. The second kappa shape index (κ2) is 6.58. The molecule has 0 spiro atoms. The van der Waals surface area contributed by atoms with Crippen LogP contribution in [0.15, 0.2) is 60.7 Å². The Bertz CT molecular complexity index is 1270. The Morgan fingerprint density at radius 3 is 1.97 bits per heavy atom. The van der Waals surface area contributed by atoms with Crippen molar-refractivity contribution in [1.82, 2.24) is 0 Å². The van der Waals surface area contributed by atoms with Crippen LogP contribution >= 0.6 is 23.2 Å². The Labute approximate surface area is 194 Å². The number of hydrogen-bond acceptors (Lipinski definition) is 4. The zero-order valence-corrected chi connectivity index (χ0v) is 18.4. The van der Waals surface area contributed by atoms with Gasteiger partial charge >= 0.3 is 0 Å². The predicted octanol–water partition coefficient (Wildman–Crippen LogP) is 4.50. The Balaban J connectivity index is 1.61. The smallest absolute Gasteiger partial charge is 0.241 e. The summed E-state index contributed by atoms with van der Waals surface area (Å²) in [4.78, 5) is 28.7. The van der Waals surface area contributed by atoms with E-state index in [4.69, 9.17) is 27.9 Å². The summed E-state index contributed by atoms with van der Waals surface area (Å²) in [5, 5.41) is 13.0. The van der Waals surface area contributed by atoms with Gasteiger partial charge in [0.25, 0.3) is 0 Å². The number of anilines is 1. The predicted molar refractivity (Wildman–Crippen MR) is 120 cm³/mol. The third-order valence-corrected chi connectivity index (χ3v) is 7.64. The number of hydrogen-bond donors (Lipinski definition) is 1. The minimum atomic E-state index is -1.81. The topological polar surface area (TPSA) is 66.8 Å². The molecule has 3 aromatic rings. The van der Waals surface area contributed by atoms with E-state index in [0.717, 1.165) is 11.1 Å². The molecule has 7 rings (SSSR count). The monoisotopic (exact) mass is 465 g/mol. The SMILES string of the molecule is COc1ccc(N2C(=O)C3C4c5cccc(Cl)c5C(O)(c5c(Cl)cccc54)C3C2=O)cc1. The van der Waals surface area contributed by atoms with Crippen LogP contribution in [0.4, 0.5) is 5.69 Å². The molecule has 1 N–H and O–H groups in total. The summed E-state index contributed by atoms with van der Waals surface area (Å²) >= 11 is 13.2. The third kappa shape index (κ3) is 2.23. The number of ether oxygens (including phenoxy) is 1. The van der Waals surface area contributed by atoms with Crippen LogP contribution in [0.1, 0.15) is 28.2 Å². The van der Waals surface area contributed by atoms with E-state index >= 15 is 0 Å². The van der Waals surface area contributed by atoms with Gasteiger partial charge in [-0.2, -0.15) is 0 Å². The molecule has 32 heavy (non-hydrogen) atoms. The first-order valence-electron chi connectivity index (χ1n) is 10.2. The standard InChI is InChI=1S/C25H17Cl2NO4/c1-32-13-10-8-12(9-11-13)28-23(29)19-18-14-4-2-6-16(26)20(14)25(31,22(19)24(28)30)21-15(18)5-3-7-17(21)27/h2-11,18-19,22,31H,1H3. The molecule has 160 valence electrons. The maximum absolute atomic E-state index is 13.8. The summed E-state index contributed by atoms with van der Waals surface area (Å²) < 4.78 is 5.19. The number of imide groups is 1. The molecule has 7 heteroatoms. The highest BCUT2D eigenvalue weighted by atomic mass is 35.5. The van der Waals surface area contributed by atoms with Crippen molar-refractivity contribution in [1.29, 1.82) is 0 Å². The molecule has 1 saturated heterocycles. The number of halogens is 2. The van der Waals surface area contributed by atoms with Gasteiger partial charge < -0.3 is 9.84 Å². The molecule has 2 bridgehead atoms. The van der Waals surface area contributed by atoms with Crippen molar-refractivity contribution in [2.75, 3.05) is 12.0 Å². The average molecular weight is 466 g/mol. The number of rotatable bonds is 2. The van der Waals surface area contributed by atoms with Crippen molar-refractivity contribution in [2.45, 2.75) is 11.5 Å². The summed E-state index contributed by atoms with van der Waals surface area (Å²) in [6.07, 6.45) is 0. The number of carbonyl (C=O) groups excluding carboxylic acids is 2. The van der Waals surface area contributed by atoms with E-state index in [9.17, 15) is 14.7 Å². The highest BCUT2D eigenvalue weighted by Gasteiger charge is 2.69. The fraction of sp³-hybridized carbons (Fsp3) is 0.200. The van der Waals surface area contributed by atoms with Crippen molar-refractivity contribution in [3.05, 3.63) is 93.0 Å². The molecule has 1 heterocycles. The molecule has 2 unspecified atom stereocenters. The Morgan fingerprint density at radius 1 is 0.875 bits per heavy atom. The van der Waals surface area contributed by atoms with Crippen molar-refractivity contribution < 1.29 is 19.4 Å². The molecule has 3 aromatic carbocycles. The van der Waals surface area contributed by atoms with Crippen LogP contribution in [0.5, 0.6) is 5.75 Å². The summed E-state index contributed by atoms with van der Waals surface area (Å²) in [5.74, 6) is -2.41. The number of methoxy groups -OCH3 is 1.